The summed E-state index contributed by atoms with van der Waals surface area (Å²) in [6.07, 6.45) is 0. The van der Waals surface area contributed by atoms with Gasteiger partial charge in [-0.1, -0.05) is 6.07 Å². The number of thiophene rings is 1. The molecule has 0 saturated heterocycles. The van der Waals surface area contributed by atoms with Crippen LogP contribution in [0.1, 0.15) is 35.7 Å². The maximum absolute atomic E-state index is 10.6. The highest BCUT2D eigenvalue weighted by atomic mass is 127. The van der Waals surface area contributed by atoms with E-state index < -0.39 is 5.60 Å². The number of aromatic nitrogens is 2. The van der Waals surface area contributed by atoms with Crippen LogP contribution in [-0.4, -0.2) is 33.9 Å². The number of hydrogen-bond donors (Lipinski definition) is 3. The van der Waals surface area contributed by atoms with Gasteiger partial charge in [-0.15, -0.1) is 35.3 Å². The Hall–Kier alpha value is -1.13. The van der Waals surface area contributed by atoms with Crippen LogP contribution in [0.15, 0.2) is 22.5 Å². The van der Waals surface area contributed by atoms with Crippen molar-refractivity contribution >= 4 is 41.3 Å². The molecule has 2 rings (SSSR count). The zero-order valence-electron chi connectivity index (χ0n) is 15.5. The molecule has 1 atom stereocenters. The van der Waals surface area contributed by atoms with E-state index in [1.165, 1.54) is 0 Å². The van der Waals surface area contributed by atoms with Gasteiger partial charge in [0.2, 0.25) is 0 Å². The first kappa shape index (κ1) is 21.9. The monoisotopic (exact) mass is 477 g/mol. The standard InChI is InChI=1S/C17H27N5OS.HI/c1-6-18-16(19-10-14-12(2)21-22(5)13(14)3)20-11-17(4,23)15-8-7-9-24-15;/h7-9,23H,6,10-11H2,1-5H3,(H2,18,19,20);1H. The van der Waals surface area contributed by atoms with E-state index >= 15 is 0 Å². The van der Waals surface area contributed by atoms with Gasteiger partial charge in [0, 0.05) is 29.7 Å². The molecule has 0 bridgehead atoms. The molecule has 0 radical (unpaired) electrons. The molecule has 0 aromatic carbocycles. The lowest BCUT2D eigenvalue weighted by Gasteiger charge is -2.23. The minimum atomic E-state index is -0.926. The van der Waals surface area contributed by atoms with Gasteiger partial charge in [-0.2, -0.15) is 5.10 Å². The van der Waals surface area contributed by atoms with Crippen LogP contribution in [0.25, 0.3) is 0 Å². The molecule has 2 aromatic heterocycles. The molecule has 0 spiro atoms. The zero-order valence-corrected chi connectivity index (χ0v) is 18.6. The molecular formula is C17H28IN5OS. The highest BCUT2D eigenvalue weighted by molar-refractivity contribution is 14.0. The second kappa shape index (κ2) is 9.54. The fraction of sp³-hybridized carbons (Fsp3) is 0.529. The SMILES string of the molecule is CCNC(=NCc1c(C)nn(C)c1C)NCC(C)(O)c1cccs1.I. The predicted octanol–water partition coefficient (Wildman–Crippen LogP) is 2.68. The number of guanidine groups is 1. The van der Waals surface area contributed by atoms with Crippen LogP contribution < -0.4 is 10.6 Å². The second-order valence-electron chi connectivity index (χ2n) is 6.07. The first-order chi connectivity index (χ1) is 11.3. The Morgan fingerprint density at radius 2 is 2.12 bits per heavy atom. The normalized spacial score (nSPS) is 13.9. The molecular weight excluding hydrogens is 449 g/mol. The molecule has 6 nitrogen and oxygen atoms in total. The first-order valence-corrected chi connectivity index (χ1v) is 9.00. The third kappa shape index (κ3) is 5.68. The molecule has 0 aliphatic heterocycles. The molecule has 140 valence electrons. The maximum Gasteiger partial charge on any atom is 0.191 e. The lowest BCUT2D eigenvalue weighted by atomic mass is 10.1. The van der Waals surface area contributed by atoms with Crippen LogP contribution in [0.2, 0.25) is 0 Å². The zero-order chi connectivity index (χ0) is 17.7. The Kier molecular flexibility index (Phi) is 8.36. The summed E-state index contributed by atoms with van der Waals surface area (Å²) >= 11 is 1.55. The van der Waals surface area contributed by atoms with Crippen molar-refractivity contribution in [3.05, 3.63) is 39.3 Å². The number of aliphatic hydroxyl groups is 1. The van der Waals surface area contributed by atoms with Crippen LogP contribution in [0.5, 0.6) is 0 Å². The Morgan fingerprint density at radius 1 is 1.40 bits per heavy atom. The lowest BCUT2D eigenvalue weighted by molar-refractivity contribution is 0.0655. The first-order valence-electron chi connectivity index (χ1n) is 8.12. The summed E-state index contributed by atoms with van der Waals surface area (Å²) in [5.74, 6) is 0.692. The Labute approximate surface area is 170 Å². The molecule has 25 heavy (non-hydrogen) atoms. The number of aliphatic imine (C=N–C) groups is 1. The third-order valence-corrected chi connectivity index (χ3v) is 5.17. The summed E-state index contributed by atoms with van der Waals surface area (Å²) in [6, 6.07) is 3.89. The summed E-state index contributed by atoms with van der Waals surface area (Å²) in [5, 5.41) is 23.5. The van der Waals surface area contributed by atoms with Crippen LogP contribution in [0.3, 0.4) is 0 Å². The number of hydrogen-bond acceptors (Lipinski definition) is 4. The molecule has 1 unspecified atom stereocenters. The Bertz CT molecular complexity index is 694. The van der Waals surface area contributed by atoms with Gasteiger partial charge in [-0.25, -0.2) is 4.99 Å². The van der Waals surface area contributed by atoms with Gasteiger partial charge in [0.05, 0.1) is 18.8 Å². The van der Waals surface area contributed by atoms with Gasteiger partial charge < -0.3 is 15.7 Å². The van der Waals surface area contributed by atoms with Gasteiger partial charge in [0.15, 0.2) is 5.96 Å². The summed E-state index contributed by atoms with van der Waals surface area (Å²) in [6.45, 7) is 9.59. The van der Waals surface area contributed by atoms with Crippen molar-refractivity contribution in [3.8, 4) is 0 Å². The van der Waals surface area contributed by atoms with Crippen molar-refractivity contribution in [2.75, 3.05) is 13.1 Å². The topological polar surface area (TPSA) is 74.5 Å². The minimum absolute atomic E-state index is 0. The van der Waals surface area contributed by atoms with Gasteiger partial charge in [-0.05, 0) is 39.1 Å². The fourth-order valence-corrected chi connectivity index (χ4v) is 3.26. The van der Waals surface area contributed by atoms with Crippen molar-refractivity contribution < 1.29 is 5.11 Å². The molecule has 2 heterocycles. The largest absolute Gasteiger partial charge is 0.383 e. The summed E-state index contributed by atoms with van der Waals surface area (Å²) in [4.78, 5) is 5.57. The molecule has 0 amide bonds. The lowest BCUT2D eigenvalue weighted by Crippen LogP contribution is -2.44. The van der Waals surface area contributed by atoms with Gasteiger partial charge in [-0.3, -0.25) is 4.68 Å². The number of aryl methyl sites for hydroxylation is 2. The molecule has 2 aromatic rings. The number of nitrogens with one attached hydrogen (secondary N) is 2. The van der Waals surface area contributed by atoms with E-state index in [0.717, 1.165) is 28.4 Å². The Morgan fingerprint density at radius 3 is 2.64 bits per heavy atom. The van der Waals surface area contributed by atoms with Crippen molar-refractivity contribution in [2.45, 2.75) is 39.8 Å². The molecule has 8 heteroatoms. The summed E-state index contributed by atoms with van der Waals surface area (Å²) < 4.78 is 1.88. The molecule has 3 N–H and O–H groups in total. The van der Waals surface area contributed by atoms with E-state index in [9.17, 15) is 5.11 Å². The average molecular weight is 477 g/mol. The van der Waals surface area contributed by atoms with Gasteiger partial charge in [0.1, 0.15) is 5.60 Å². The second-order valence-corrected chi connectivity index (χ2v) is 7.02. The number of halogens is 1. The van der Waals surface area contributed by atoms with Crippen LogP contribution >= 0.6 is 35.3 Å². The Balaban J connectivity index is 0.00000312. The molecule has 0 aliphatic rings. The van der Waals surface area contributed by atoms with Crippen molar-refractivity contribution in [1.29, 1.82) is 0 Å². The van der Waals surface area contributed by atoms with Gasteiger partial charge in [0.25, 0.3) is 0 Å². The van der Waals surface area contributed by atoms with E-state index in [0.29, 0.717) is 19.0 Å². The molecule has 0 saturated carbocycles. The maximum atomic E-state index is 10.6. The number of rotatable bonds is 6. The van der Waals surface area contributed by atoms with E-state index in [1.54, 1.807) is 11.3 Å². The van der Waals surface area contributed by atoms with Crippen LogP contribution in [0.4, 0.5) is 0 Å². The minimum Gasteiger partial charge on any atom is -0.383 e. The van der Waals surface area contributed by atoms with Crippen molar-refractivity contribution in [3.63, 3.8) is 0 Å². The molecule has 0 fully saturated rings. The summed E-state index contributed by atoms with van der Waals surface area (Å²) in [5.41, 5.74) is 2.34. The molecule has 0 aliphatic carbocycles. The third-order valence-electron chi connectivity index (χ3n) is 4.05. The van der Waals surface area contributed by atoms with Crippen molar-refractivity contribution in [2.24, 2.45) is 12.0 Å². The highest BCUT2D eigenvalue weighted by Crippen LogP contribution is 2.24. The van der Waals surface area contributed by atoms with Crippen molar-refractivity contribution in [1.82, 2.24) is 20.4 Å². The fourth-order valence-electron chi connectivity index (χ4n) is 2.47. The summed E-state index contributed by atoms with van der Waals surface area (Å²) in [7, 11) is 1.94. The van der Waals surface area contributed by atoms with E-state index in [4.69, 9.17) is 0 Å². The quantitative estimate of drug-likeness (QED) is 0.340. The van der Waals surface area contributed by atoms with E-state index in [1.807, 2.05) is 56.9 Å². The highest BCUT2D eigenvalue weighted by Gasteiger charge is 2.24. The van der Waals surface area contributed by atoms with Gasteiger partial charge >= 0.3 is 0 Å². The van der Waals surface area contributed by atoms with E-state index in [-0.39, 0.29) is 24.0 Å². The smallest absolute Gasteiger partial charge is 0.191 e. The van der Waals surface area contributed by atoms with E-state index in [2.05, 4.69) is 20.7 Å². The number of nitrogens with zero attached hydrogens (tertiary/aromatic N) is 3. The average Bonchev–Trinajstić information content (AvgIpc) is 3.14. The van der Waals surface area contributed by atoms with Crippen LogP contribution in [0, 0.1) is 13.8 Å². The van der Waals surface area contributed by atoms with Crippen LogP contribution in [-0.2, 0) is 19.2 Å². The predicted molar refractivity (Wildman–Crippen MR) is 115 cm³/mol.